The van der Waals surface area contributed by atoms with Crippen molar-refractivity contribution in [3.05, 3.63) is 29.6 Å². The molecule has 2 nitrogen and oxygen atoms in total. The lowest BCUT2D eigenvalue weighted by Gasteiger charge is -2.26. The minimum atomic E-state index is -4.27. The Hall–Kier alpha value is -0.810. The van der Waals surface area contributed by atoms with Gasteiger partial charge in [0.2, 0.25) is 0 Å². The molecule has 1 aliphatic heterocycles. The molecule has 0 bridgehead atoms. The van der Waals surface area contributed by atoms with Crippen LogP contribution in [0.1, 0.15) is 17.2 Å². The lowest BCUT2D eigenvalue weighted by atomic mass is 9.97. The van der Waals surface area contributed by atoms with Crippen LogP contribution in [0.4, 0.5) is 13.2 Å². The average Bonchev–Trinajstić information content (AvgIpc) is 2.00. The molecule has 6 heteroatoms. The van der Waals surface area contributed by atoms with Crippen LogP contribution in [-0.2, 0) is 6.18 Å². The molecule has 2 rings (SSSR count). The van der Waals surface area contributed by atoms with Crippen LogP contribution in [0, 0.1) is 0 Å². The predicted octanol–water partition coefficient (Wildman–Crippen LogP) is 2.21. The largest absolute Gasteiger partial charge is 0.416 e. The standard InChI is InChI=1S/C9H9F3N2.ClH/c10-9(11,12)7-1-2-14-8(3-7)6-4-13-5-6;/h1-3,6,13H,4-5H2;1H. The van der Waals surface area contributed by atoms with E-state index >= 15 is 0 Å². The summed E-state index contributed by atoms with van der Waals surface area (Å²) in [4.78, 5) is 3.93. The van der Waals surface area contributed by atoms with Gasteiger partial charge < -0.3 is 5.32 Å². The number of rotatable bonds is 1. The Morgan fingerprint density at radius 2 is 2.00 bits per heavy atom. The number of nitrogens with zero attached hydrogens (tertiary/aromatic N) is 1. The zero-order valence-corrected chi connectivity index (χ0v) is 8.53. The van der Waals surface area contributed by atoms with Crippen molar-refractivity contribution in [2.24, 2.45) is 0 Å². The second-order valence-corrected chi connectivity index (χ2v) is 3.32. The molecular formula is C9H10ClF3N2. The molecule has 0 radical (unpaired) electrons. The molecule has 0 spiro atoms. The molecule has 84 valence electrons. The van der Waals surface area contributed by atoms with E-state index in [4.69, 9.17) is 0 Å². The van der Waals surface area contributed by atoms with Crippen LogP contribution in [0.3, 0.4) is 0 Å². The number of hydrogen-bond acceptors (Lipinski definition) is 2. The molecule has 0 unspecified atom stereocenters. The van der Waals surface area contributed by atoms with E-state index in [-0.39, 0.29) is 18.3 Å². The monoisotopic (exact) mass is 238 g/mol. The van der Waals surface area contributed by atoms with E-state index in [2.05, 4.69) is 10.3 Å². The highest BCUT2D eigenvalue weighted by atomic mass is 35.5. The summed E-state index contributed by atoms with van der Waals surface area (Å²) >= 11 is 0. The van der Waals surface area contributed by atoms with Gasteiger partial charge >= 0.3 is 6.18 Å². The molecule has 1 aliphatic rings. The number of aromatic nitrogens is 1. The summed E-state index contributed by atoms with van der Waals surface area (Å²) < 4.78 is 36.9. The van der Waals surface area contributed by atoms with E-state index in [1.165, 1.54) is 6.20 Å². The van der Waals surface area contributed by atoms with E-state index < -0.39 is 11.7 Å². The van der Waals surface area contributed by atoms with Crippen LogP contribution in [0.15, 0.2) is 18.3 Å². The Bertz CT molecular complexity index is 336. The molecule has 2 heterocycles. The third-order valence-electron chi connectivity index (χ3n) is 2.31. The first-order chi connectivity index (χ1) is 6.57. The van der Waals surface area contributed by atoms with Gasteiger partial charge in [-0.05, 0) is 12.1 Å². The third-order valence-corrected chi connectivity index (χ3v) is 2.31. The first-order valence-corrected chi connectivity index (χ1v) is 4.31. The summed E-state index contributed by atoms with van der Waals surface area (Å²) in [7, 11) is 0. The molecule has 0 aromatic carbocycles. The molecule has 0 amide bonds. The van der Waals surface area contributed by atoms with E-state index in [1.807, 2.05) is 0 Å². The molecule has 15 heavy (non-hydrogen) atoms. The van der Waals surface area contributed by atoms with Gasteiger partial charge in [-0.15, -0.1) is 12.4 Å². The first-order valence-electron chi connectivity index (χ1n) is 4.31. The minimum absolute atomic E-state index is 0. The maximum atomic E-state index is 12.3. The summed E-state index contributed by atoms with van der Waals surface area (Å²) in [5.41, 5.74) is -0.0898. The van der Waals surface area contributed by atoms with Gasteiger partial charge in [0.05, 0.1) is 5.56 Å². The molecular weight excluding hydrogens is 229 g/mol. The van der Waals surface area contributed by atoms with Crippen LogP contribution in [0.5, 0.6) is 0 Å². The van der Waals surface area contributed by atoms with E-state index in [0.717, 1.165) is 12.1 Å². The van der Waals surface area contributed by atoms with Crippen molar-refractivity contribution in [3.63, 3.8) is 0 Å². The molecule has 1 fully saturated rings. The predicted molar refractivity (Wildman–Crippen MR) is 52.1 cm³/mol. The van der Waals surface area contributed by atoms with Gasteiger partial charge in [-0.25, -0.2) is 0 Å². The Morgan fingerprint density at radius 1 is 1.33 bits per heavy atom. The summed E-state index contributed by atoms with van der Waals surface area (Å²) in [6, 6.07) is 2.13. The van der Waals surface area contributed by atoms with Gasteiger partial charge in [0, 0.05) is 30.9 Å². The van der Waals surface area contributed by atoms with E-state index in [0.29, 0.717) is 18.8 Å². The topological polar surface area (TPSA) is 24.9 Å². The zero-order chi connectivity index (χ0) is 10.2. The van der Waals surface area contributed by atoms with Crippen molar-refractivity contribution >= 4 is 12.4 Å². The van der Waals surface area contributed by atoms with Gasteiger partial charge in [0.1, 0.15) is 0 Å². The van der Waals surface area contributed by atoms with Crippen LogP contribution < -0.4 is 5.32 Å². The maximum Gasteiger partial charge on any atom is 0.416 e. The molecule has 1 aromatic rings. The van der Waals surface area contributed by atoms with E-state index in [1.54, 1.807) is 0 Å². The Labute approximate surface area is 91.3 Å². The lowest BCUT2D eigenvalue weighted by molar-refractivity contribution is -0.137. The quantitative estimate of drug-likeness (QED) is 0.812. The van der Waals surface area contributed by atoms with Gasteiger partial charge in [0.15, 0.2) is 0 Å². The van der Waals surface area contributed by atoms with Gasteiger partial charge in [-0.3, -0.25) is 4.98 Å². The van der Waals surface area contributed by atoms with Gasteiger partial charge in [0.25, 0.3) is 0 Å². The van der Waals surface area contributed by atoms with Crippen molar-refractivity contribution < 1.29 is 13.2 Å². The normalized spacial score (nSPS) is 16.7. The van der Waals surface area contributed by atoms with Gasteiger partial charge in [-0.1, -0.05) is 0 Å². The van der Waals surface area contributed by atoms with Crippen LogP contribution in [0.25, 0.3) is 0 Å². The lowest BCUT2D eigenvalue weighted by Crippen LogP contribution is -2.40. The minimum Gasteiger partial charge on any atom is -0.315 e. The fourth-order valence-electron chi connectivity index (χ4n) is 1.35. The average molecular weight is 239 g/mol. The fourth-order valence-corrected chi connectivity index (χ4v) is 1.35. The van der Waals surface area contributed by atoms with Crippen LogP contribution in [0.2, 0.25) is 0 Å². The second kappa shape index (κ2) is 4.37. The highest BCUT2D eigenvalue weighted by molar-refractivity contribution is 5.85. The molecule has 1 aromatic heterocycles. The van der Waals surface area contributed by atoms with Crippen molar-refractivity contribution in [2.75, 3.05) is 13.1 Å². The first kappa shape index (κ1) is 12.3. The van der Waals surface area contributed by atoms with E-state index in [9.17, 15) is 13.2 Å². The number of nitrogens with one attached hydrogen (secondary N) is 1. The third kappa shape index (κ3) is 2.60. The molecule has 0 atom stereocenters. The molecule has 0 saturated carbocycles. The smallest absolute Gasteiger partial charge is 0.315 e. The Kier molecular flexibility index (Phi) is 3.57. The summed E-state index contributed by atoms with van der Waals surface area (Å²) in [5.74, 6) is 0.136. The highest BCUT2D eigenvalue weighted by Crippen LogP contribution is 2.30. The van der Waals surface area contributed by atoms with Crippen molar-refractivity contribution in [2.45, 2.75) is 12.1 Å². The number of hydrogen-bond donors (Lipinski definition) is 1. The van der Waals surface area contributed by atoms with Gasteiger partial charge in [-0.2, -0.15) is 13.2 Å². The van der Waals surface area contributed by atoms with Crippen molar-refractivity contribution in [1.29, 1.82) is 0 Å². The SMILES string of the molecule is Cl.FC(F)(F)c1ccnc(C2CNC2)c1. The second-order valence-electron chi connectivity index (χ2n) is 3.32. The summed E-state index contributed by atoms with van der Waals surface area (Å²) in [6.45, 7) is 1.43. The molecule has 0 aliphatic carbocycles. The van der Waals surface area contributed by atoms with Crippen LogP contribution in [-0.4, -0.2) is 18.1 Å². The van der Waals surface area contributed by atoms with Crippen molar-refractivity contribution in [1.82, 2.24) is 10.3 Å². The Morgan fingerprint density at radius 3 is 2.47 bits per heavy atom. The number of alkyl halides is 3. The van der Waals surface area contributed by atoms with Crippen molar-refractivity contribution in [3.8, 4) is 0 Å². The Balaban J connectivity index is 0.00000112. The van der Waals surface area contributed by atoms with Crippen LogP contribution >= 0.6 is 12.4 Å². The fraction of sp³-hybridized carbons (Fsp3) is 0.444. The summed E-state index contributed by atoms with van der Waals surface area (Å²) in [5, 5.41) is 3.00. The summed E-state index contributed by atoms with van der Waals surface area (Å²) in [6.07, 6.45) is -3.05. The highest BCUT2D eigenvalue weighted by Gasteiger charge is 2.32. The number of pyridine rings is 1. The zero-order valence-electron chi connectivity index (χ0n) is 7.71. The number of halogens is 4. The maximum absolute atomic E-state index is 12.3. The molecule has 1 saturated heterocycles. The molecule has 1 N–H and O–H groups in total.